The third kappa shape index (κ3) is 2.96. The predicted octanol–water partition coefficient (Wildman–Crippen LogP) is 3.48. The lowest BCUT2D eigenvalue weighted by molar-refractivity contribution is 0.0922. The number of hydrogen-bond acceptors (Lipinski definition) is 4. The molecule has 0 aliphatic carbocycles. The molecule has 1 unspecified atom stereocenters. The molecule has 2 heterocycles. The van der Waals surface area contributed by atoms with E-state index in [0.29, 0.717) is 17.5 Å². The lowest BCUT2D eigenvalue weighted by atomic mass is 9.88. The van der Waals surface area contributed by atoms with Gasteiger partial charge in [0.25, 0.3) is 5.91 Å². The van der Waals surface area contributed by atoms with Gasteiger partial charge in [0.2, 0.25) is 5.95 Å². The van der Waals surface area contributed by atoms with Crippen LogP contribution in [0, 0.1) is 24.4 Å². The van der Waals surface area contributed by atoms with Gasteiger partial charge in [-0.3, -0.25) is 4.79 Å². The summed E-state index contributed by atoms with van der Waals surface area (Å²) in [7, 11) is 0. The van der Waals surface area contributed by atoms with Gasteiger partial charge in [0, 0.05) is 23.6 Å². The number of benzene rings is 2. The van der Waals surface area contributed by atoms with Crippen molar-refractivity contribution in [3.05, 3.63) is 76.4 Å². The number of nitrogens with zero attached hydrogens (tertiary/aromatic N) is 2. The van der Waals surface area contributed by atoms with Crippen LogP contribution in [-0.2, 0) is 6.42 Å². The number of amides is 1. The van der Waals surface area contributed by atoms with E-state index in [1.54, 1.807) is 13.0 Å². The molecule has 0 fully saturated rings. The van der Waals surface area contributed by atoms with Crippen molar-refractivity contribution in [2.24, 2.45) is 0 Å². The summed E-state index contributed by atoms with van der Waals surface area (Å²) in [4.78, 5) is 20.7. The Labute approximate surface area is 158 Å². The number of carbonyl (C=O) groups excluding carboxylic acids is 1. The second-order valence-corrected chi connectivity index (χ2v) is 6.55. The molecular formula is C20H15F3N4O. The molecule has 1 aliphatic heterocycles. The minimum Gasteiger partial charge on any atom is -0.368 e. The number of nitrogens with two attached hydrogens (primary N) is 1. The van der Waals surface area contributed by atoms with Gasteiger partial charge in [-0.1, -0.05) is 18.2 Å². The Morgan fingerprint density at radius 2 is 1.82 bits per heavy atom. The molecule has 1 amide bonds. The highest BCUT2D eigenvalue weighted by atomic mass is 19.1. The van der Waals surface area contributed by atoms with Crippen molar-refractivity contribution in [3.8, 4) is 11.1 Å². The van der Waals surface area contributed by atoms with Crippen molar-refractivity contribution in [3.63, 3.8) is 0 Å². The van der Waals surface area contributed by atoms with Crippen LogP contribution < -0.4 is 11.1 Å². The van der Waals surface area contributed by atoms with Crippen molar-refractivity contribution >= 4 is 11.9 Å². The van der Waals surface area contributed by atoms with Crippen LogP contribution in [0.15, 0.2) is 36.4 Å². The van der Waals surface area contributed by atoms with Crippen molar-refractivity contribution in [2.75, 3.05) is 5.73 Å². The predicted molar refractivity (Wildman–Crippen MR) is 96.8 cm³/mol. The number of carbonyl (C=O) groups is 1. The molecule has 142 valence electrons. The standard InChI is InChI=1S/C20H15F3N4O/c1-9-17-15(27-20(24)25-9)8-16(26-19(17)28)18-12(6-10(21)7-14(18)23)11-4-2-3-5-13(11)22/h2-7,16H,8H2,1H3,(H,26,28)(H2,24,25,27). The van der Waals surface area contributed by atoms with Crippen LogP contribution in [-0.4, -0.2) is 15.9 Å². The average Bonchev–Trinajstić information content (AvgIpc) is 2.60. The summed E-state index contributed by atoms with van der Waals surface area (Å²) in [6.45, 7) is 1.63. The lowest BCUT2D eigenvalue weighted by Gasteiger charge is -2.28. The van der Waals surface area contributed by atoms with Gasteiger partial charge in [-0.2, -0.15) is 0 Å². The van der Waals surface area contributed by atoms with Gasteiger partial charge in [-0.05, 0) is 24.6 Å². The van der Waals surface area contributed by atoms with E-state index in [9.17, 15) is 18.0 Å². The minimum absolute atomic E-state index is 0.00129. The van der Waals surface area contributed by atoms with Gasteiger partial charge >= 0.3 is 0 Å². The molecule has 1 atom stereocenters. The van der Waals surface area contributed by atoms with Gasteiger partial charge in [-0.25, -0.2) is 23.1 Å². The lowest BCUT2D eigenvalue weighted by Crippen LogP contribution is -2.37. The molecule has 3 aromatic rings. The average molecular weight is 384 g/mol. The zero-order chi connectivity index (χ0) is 20.0. The smallest absolute Gasteiger partial charge is 0.255 e. The Morgan fingerprint density at radius 1 is 1.07 bits per heavy atom. The highest BCUT2D eigenvalue weighted by Gasteiger charge is 2.32. The Hall–Kier alpha value is -3.42. The van der Waals surface area contributed by atoms with E-state index in [-0.39, 0.29) is 34.6 Å². The Bertz CT molecular complexity index is 1120. The Morgan fingerprint density at radius 3 is 2.57 bits per heavy atom. The number of anilines is 1. The largest absolute Gasteiger partial charge is 0.368 e. The first-order chi connectivity index (χ1) is 13.3. The summed E-state index contributed by atoms with van der Waals surface area (Å²) >= 11 is 0. The van der Waals surface area contributed by atoms with E-state index in [0.717, 1.165) is 6.07 Å². The molecule has 0 radical (unpaired) electrons. The van der Waals surface area contributed by atoms with E-state index in [1.807, 2.05) is 0 Å². The summed E-state index contributed by atoms with van der Waals surface area (Å²) in [5.74, 6) is -2.85. The third-order valence-corrected chi connectivity index (χ3v) is 4.72. The monoisotopic (exact) mass is 384 g/mol. The summed E-state index contributed by atoms with van der Waals surface area (Å²) in [5, 5.41) is 2.69. The minimum atomic E-state index is -0.884. The van der Waals surface area contributed by atoms with Gasteiger partial charge < -0.3 is 11.1 Å². The quantitative estimate of drug-likeness (QED) is 0.709. The van der Waals surface area contributed by atoms with Crippen LogP contribution in [0.1, 0.15) is 33.4 Å². The van der Waals surface area contributed by atoms with E-state index in [1.165, 1.54) is 18.2 Å². The molecule has 1 aliphatic rings. The number of nitrogens with one attached hydrogen (secondary N) is 1. The normalized spacial score (nSPS) is 15.9. The maximum atomic E-state index is 14.8. The summed E-state index contributed by atoms with van der Waals surface area (Å²) in [6, 6.07) is 6.57. The van der Waals surface area contributed by atoms with E-state index in [2.05, 4.69) is 15.3 Å². The maximum absolute atomic E-state index is 14.8. The van der Waals surface area contributed by atoms with Crippen LogP contribution in [0.3, 0.4) is 0 Å². The van der Waals surface area contributed by atoms with Crippen LogP contribution in [0.2, 0.25) is 0 Å². The summed E-state index contributed by atoms with van der Waals surface area (Å²) in [6.07, 6.45) is 0.110. The summed E-state index contributed by atoms with van der Waals surface area (Å²) in [5.41, 5.74) is 6.78. The van der Waals surface area contributed by atoms with Gasteiger partial charge in [0.15, 0.2) is 0 Å². The van der Waals surface area contributed by atoms with Gasteiger partial charge in [0.05, 0.1) is 23.0 Å². The number of rotatable bonds is 2. The number of halogens is 3. The molecular weight excluding hydrogens is 369 g/mol. The molecule has 8 heteroatoms. The zero-order valence-corrected chi connectivity index (χ0v) is 14.8. The number of nitrogen functional groups attached to an aromatic ring is 1. The van der Waals surface area contributed by atoms with E-state index >= 15 is 0 Å². The van der Waals surface area contributed by atoms with Crippen LogP contribution in [0.5, 0.6) is 0 Å². The van der Waals surface area contributed by atoms with E-state index in [4.69, 9.17) is 5.73 Å². The first-order valence-corrected chi connectivity index (χ1v) is 8.53. The topological polar surface area (TPSA) is 80.9 Å². The Balaban J connectivity index is 1.89. The molecule has 0 spiro atoms. The second kappa shape index (κ2) is 6.63. The van der Waals surface area contributed by atoms with Crippen LogP contribution in [0.25, 0.3) is 11.1 Å². The maximum Gasteiger partial charge on any atom is 0.255 e. The number of hydrogen-bond donors (Lipinski definition) is 2. The number of aryl methyl sites for hydroxylation is 1. The van der Waals surface area contributed by atoms with Crippen molar-refractivity contribution in [2.45, 2.75) is 19.4 Å². The molecule has 0 saturated heterocycles. The van der Waals surface area contributed by atoms with Gasteiger partial charge in [0.1, 0.15) is 17.5 Å². The molecule has 0 bridgehead atoms. The van der Waals surface area contributed by atoms with Crippen LogP contribution in [0.4, 0.5) is 19.1 Å². The molecule has 28 heavy (non-hydrogen) atoms. The van der Waals surface area contributed by atoms with Crippen molar-refractivity contribution in [1.82, 2.24) is 15.3 Å². The second-order valence-electron chi connectivity index (χ2n) is 6.55. The molecule has 2 aromatic carbocycles. The molecule has 3 N–H and O–H groups in total. The fourth-order valence-electron chi connectivity index (χ4n) is 3.59. The third-order valence-electron chi connectivity index (χ3n) is 4.72. The molecule has 5 nitrogen and oxygen atoms in total. The number of aromatic nitrogens is 2. The fourth-order valence-corrected chi connectivity index (χ4v) is 3.59. The van der Waals surface area contributed by atoms with Crippen molar-refractivity contribution < 1.29 is 18.0 Å². The zero-order valence-electron chi connectivity index (χ0n) is 14.8. The fraction of sp³-hybridized carbons (Fsp3) is 0.150. The first kappa shape index (κ1) is 18.0. The SMILES string of the molecule is Cc1nc(N)nc2c1C(=O)NC(c1c(F)cc(F)cc1-c1ccccc1F)C2. The molecule has 1 aromatic heterocycles. The highest BCUT2D eigenvalue weighted by Crippen LogP contribution is 2.36. The highest BCUT2D eigenvalue weighted by molar-refractivity contribution is 5.98. The summed E-state index contributed by atoms with van der Waals surface area (Å²) < 4.78 is 43.1. The van der Waals surface area contributed by atoms with E-state index < -0.39 is 29.4 Å². The van der Waals surface area contributed by atoms with Gasteiger partial charge in [-0.15, -0.1) is 0 Å². The molecule has 0 saturated carbocycles. The first-order valence-electron chi connectivity index (χ1n) is 8.53. The molecule has 4 rings (SSSR count). The van der Waals surface area contributed by atoms with Crippen molar-refractivity contribution in [1.29, 1.82) is 0 Å². The number of fused-ring (bicyclic) bond motifs is 1. The Kier molecular flexibility index (Phi) is 4.26. The van der Waals surface area contributed by atoms with Crippen LogP contribution >= 0.6 is 0 Å².